The van der Waals surface area contributed by atoms with Crippen molar-refractivity contribution in [2.45, 2.75) is 30.6 Å². The van der Waals surface area contributed by atoms with Gasteiger partial charge in [0.25, 0.3) is 0 Å². The molecule has 1 aromatic carbocycles. The van der Waals surface area contributed by atoms with E-state index in [1.165, 1.54) is 11.3 Å². The van der Waals surface area contributed by atoms with E-state index < -0.39 is 23.2 Å². The maximum atomic E-state index is 14.0. The molecular formula is C17H16F2O2S. The van der Waals surface area contributed by atoms with Crippen molar-refractivity contribution in [3.63, 3.8) is 0 Å². The topological polar surface area (TPSA) is 26.3 Å². The molecule has 0 bridgehead atoms. The highest BCUT2D eigenvalue weighted by Crippen LogP contribution is 2.69. The average molecular weight is 322 g/mol. The fraction of sp³-hybridized carbons (Fsp3) is 0.353. The molecule has 1 heterocycles. The van der Waals surface area contributed by atoms with Gasteiger partial charge in [0.1, 0.15) is 5.41 Å². The van der Waals surface area contributed by atoms with E-state index in [2.05, 4.69) is 0 Å². The molecule has 1 aliphatic carbocycles. The Morgan fingerprint density at radius 2 is 2.00 bits per heavy atom. The highest BCUT2D eigenvalue weighted by Gasteiger charge is 2.79. The molecule has 0 spiro atoms. The number of halogens is 2. The lowest BCUT2D eigenvalue weighted by atomic mass is 9.85. The van der Waals surface area contributed by atoms with Crippen molar-refractivity contribution in [3.8, 4) is 0 Å². The summed E-state index contributed by atoms with van der Waals surface area (Å²) in [5.41, 5.74) is -2.27. The van der Waals surface area contributed by atoms with Gasteiger partial charge in [-0.15, -0.1) is 11.3 Å². The second kappa shape index (κ2) is 5.47. The van der Waals surface area contributed by atoms with Crippen molar-refractivity contribution >= 4 is 17.3 Å². The van der Waals surface area contributed by atoms with Crippen molar-refractivity contribution in [2.24, 2.45) is 0 Å². The molecule has 116 valence electrons. The van der Waals surface area contributed by atoms with Gasteiger partial charge < -0.3 is 4.74 Å². The number of esters is 1. The Labute approximate surface area is 131 Å². The van der Waals surface area contributed by atoms with Crippen LogP contribution in [-0.2, 0) is 20.4 Å². The Morgan fingerprint density at radius 1 is 1.27 bits per heavy atom. The van der Waals surface area contributed by atoms with Crippen LogP contribution >= 0.6 is 11.3 Å². The summed E-state index contributed by atoms with van der Waals surface area (Å²) in [6, 6.07) is 12.1. The number of thiophene rings is 1. The molecule has 22 heavy (non-hydrogen) atoms. The van der Waals surface area contributed by atoms with Gasteiger partial charge in [0.05, 0.1) is 12.0 Å². The number of carbonyl (C=O) groups is 1. The average Bonchev–Trinajstić information content (AvgIpc) is 2.96. The van der Waals surface area contributed by atoms with E-state index in [1.54, 1.807) is 54.8 Å². The summed E-state index contributed by atoms with van der Waals surface area (Å²) in [4.78, 5) is 13.2. The summed E-state index contributed by atoms with van der Waals surface area (Å²) >= 11 is 1.33. The standard InChI is InChI=1S/C17H16F2O2S/c1-2-21-15(20)17(13-9-6-10-22-13)11-16(17,14(18)19)12-7-4-3-5-8-12/h3-10,14H,2,11H2,1H3/t16-,17+/m0/s1. The summed E-state index contributed by atoms with van der Waals surface area (Å²) in [6.45, 7) is 1.87. The third-order valence-corrected chi connectivity index (χ3v) is 5.44. The Balaban J connectivity index is 2.15. The van der Waals surface area contributed by atoms with E-state index in [0.717, 1.165) is 0 Å². The van der Waals surface area contributed by atoms with Gasteiger partial charge in [-0.2, -0.15) is 0 Å². The van der Waals surface area contributed by atoms with Crippen molar-refractivity contribution in [1.29, 1.82) is 0 Å². The number of hydrogen-bond acceptors (Lipinski definition) is 3. The Hall–Kier alpha value is -1.75. The van der Waals surface area contributed by atoms with E-state index in [-0.39, 0.29) is 13.0 Å². The number of alkyl halides is 2. The lowest BCUT2D eigenvalue weighted by molar-refractivity contribution is -0.147. The summed E-state index contributed by atoms with van der Waals surface area (Å²) in [5, 5.41) is 1.80. The van der Waals surface area contributed by atoms with Crippen LogP contribution in [0.4, 0.5) is 8.78 Å². The minimum Gasteiger partial charge on any atom is -0.465 e. The summed E-state index contributed by atoms with van der Waals surface area (Å²) in [5.74, 6) is -0.554. The molecule has 0 amide bonds. The minimum absolute atomic E-state index is 0.0844. The van der Waals surface area contributed by atoms with E-state index >= 15 is 0 Å². The molecule has 1 saturated carbocycles. The smallest absolute Gasteiger partial charge is 0.318 e. The fourth-order valence-electron chi connectivity index (χ4n) is 3.29. The van der Waals surface area contributed by atoms with Crippen molar-refractivity contribution in [3.05, 3.63) is 58.3 Å². The predicted molar refractivity (Wildman–Crippen MR) is 81.4 cm³/mol. The number of benzene rings is 1. The van der Waals surface area contributed by atoms with E-state index in [4.69, 9.17) is 4.74 Å². The number of carbonyl (C=O) groups excluding carboxylic acids is 1. The highest BCUT2D eigenvalue weighted by molar-refractivity contribution is 7.10. The molecule has 0 unspecified atom stereocenters. The number of rotatable bonds is 5. The molecule has 1 aromatic heterocycles. The third-order valence-electron chi connectivity index (χ3n) is 4.41. The van der Waals surface area contributed by atoms with Crippen LogP contribution in [0.25, 0.3) is 0 Å². The number of ether oxygens (including phenoxy) is 1. The first-order chi connectivity index (χ1) is 10.6. The normalized spacial score (nSPS) is 26.9. The SMILES string of the molecule is CCOC(=O)[C@]1(c2cccs2)C[C@]1(c1ccccc1)C(F)F. The van der Waals surface area contributed by atoms with Gasteiger partial charge in [-0.25, -0.2) is 8.78 Å². The summed E-state index contributed by atoms with van der Waals surface area (Å²) in [6.07, 6.45) is -2.55. The summed E-state index contributed by atoms with van der Waals surface area (Å²) < 4.78 is 33.2. The zero-order valence-corrected chi connectivity index (χ0v) is 12.9. The molecule has 1 aliphatic rings. The number of hydrogen-bond donors (Lipinski definition) is 0. The van der Waals surface area contributed by atoms with Gasteiger partial charge >= 0.3 is 5.97 Å². The lowest BCUT2D eigenvalue weighted by Crippen LogP contribution is -2.36. The Kier molecular flexibility index (Phi) is 3.77. The predicted octanol–water partition coefficient (Wildman–Crippen LogP) is 4.16. The molecule has 5 heteroatoms. The first-order valence-corrected chi connectivity index (χ1v) is 8.02. The van der Waals surface area contributed by atoms with E-state index in [0.29, 0.717) is 10.4 Å². The van der Waals surface area contributed by atoms with Crippen LogP contribution < -0.4 is 0 Å². The highest BCUT2D eigenvalue weighted by atomic mass is 32.1. The first kappa shape index (κ1) is 15.2. The van der Waals surface area contributed by atoms with Crippen LogP contribution in [0.2, 0.25) is 0 Å². The van der Waals surface area contributed by atoms with E-state index in [1.807, 2.05) is 0 Å². The van der Waals surface area contributed by atoms with E-state index in [9.17, 15) is 13.6 Å². The van der Waals surface area contributed by atoms with Crippen LogP contribution in [0.15, 0.2) is 47.8 Å². The second-order valence-electron chi connectivity index (χ2n) is 5.42. The molecule has 2 nitrogen and oxygen atoms in total. The van der Waals surface area contributed by atoms with Crippen LogP contribution in [0, 0.1) is 0 Å². The van der Waals surface area contributed by atoms with Gasteiger partial charge in [-0.05, 0) is 30.4 Å². The maximum absolute atomic E-state index is 14.0. The quantitative estimate of drug-likeness (QED) is 0.773. The van der Waals surface area contributed by atoms with Crippen molar-refractivity contribution < 1.29 is 18.3 Å². The zero-order chi connectivity index (χ0) is 15.8. The zero-order valence-electron chi connectivity index (χ0n) is 12.1. The third kappa shape index (κ3) is 1.92. The lowest BCUT2D eigenvalue weighted by Gasteiger charge is -2.24. The largest absolute Gasteiger partial charge is 0.465 e. The Morgan fingerprint density at radius 3 is 2.55 bits per heavy atom. The van der Waals surface area contributed by atoms with Crippen LogP contribution in [0.5, 0.6) is 0 Å². The summed E-state index contributed by atoms with van der Waals surface area (Å²) in [7, 11) is 0. The molecule has 2 aromatic rings. The molecule has 0 saturated heterocycles. The van der Waals surface area contributed by atoms with Crippen LogP contribution in [-0.4, -0.2) is 19.0 Å². The second-order valence-corrected chi connectivity index (χ2v) is 6.37. The fourth-order valence-corrected chi connectivity index (χ4v) is 4.28. The monoisotopic (exact) mass is 322 g/mol. The minimum atomic E-state index is -2.64. The van der Waals surface area contributed by atoms with Gasteiger partial charge in [0.15, 0.2) is 0 Å². The first-order valence-electron chi connectivity index (χ1n) is 7.14. The van der Waals surface area contributed by atoms with Gasteiger partial charge in [-0.3, -0.25) is 4.79 Å². The molecule has 0 radical (unpaired) electrons. The molecular weight excluding hydrogens is 306 g/mol. The molecule has 0 aliphatic heterocycles. The maximum Gasteiger partial charge on any atom is 0.318 e. The molecule has 2 atom stereocenters. The van der Waals surface area contributed by atoms with Gasteiger partial charge in [0.2, 0.25) is 6.43 Å². The Bertz CT molecular complexity index is 657. The van der Waals surface area contributed by atoms with Gasteiger partial charge in [-0.1, -0.05) is 36.4 Å². The van der Waals surface area contributed by atoms with Crippen LogP contribution in [0.3, 0.4) is 0 Å². The van der Waals surface area contributed by atoms with Crippen LogP contribution in [0.1, 0.15) is 23.8 Å². The van der Waals surface area contributed by atoms with Crippen molar-refractivity contribution in [1.82, 2.24) is 0 Å². The molecule has 0 N–H and O–H groups in total. The molecule has 3 rings (SSSR count). The molecule has 1 fully saturated rings. The van der Waals surface area contributed by atoms with Gasteiger partial charge in [0, 0.05) is 4.88 Å². The van der Waals surface area contributed by atoms with Crippen molar-refractivity contribution in [2.75, 3.05) is 6.61 Å².